The van der Waals surface area contributed by atoms with Gasteiger partial charge in [0.25, 0.3) is 0 Å². The number of benzene rings is 1. The van der Waals surface area contributed by atoms with Crippen LogP contribution < -0.4 is 0 Å². The lowest BCUT2D eigenvalue weighted by atomic mass is 10.1. The second kappa shape index (κ2) is 5.85. The third-order valence-corrected chi connectivity index (χ3v) is 5.84. The molecule has 0 radical (unpaired) electrons. The van der Waals surface area contributed by atoms with Gasteiger partial charge in [-0.2, -0.15) is 4.31 Å². The van der Waals surface area contributed by atoms with Crippen molar-refractivity contribution < 1.29 is 8.42 Å². The molecule has 118 valence electrons. The molecule has 1 aromatic heterocycles. The van der Waals surface area contributed by atoms with Crippen molar-refractivity contribution >= 4 is 21.1 Å². The van der Waals surface area contributed by atoms with Crippen molar-refractivity contribution in [3.8, 4) is 0 Å². The minimum Gasteiger partial charge on any atom is -0.326 e. The molecule has 1 aliphatic heterocycles. The Bertz CT molecular complexity index is 795. The summed E-state index contributed by atoms with van der Waals surface area (Å²) >= 11 is 0. The number of rotatable bonds is 3. The number of aromatic nitrogens is 2. The van der Waals surface area contributed by atoms with Gasteiger partial charge in [0.1, 0.15) is 0 Å². The summed E-state index contributed by atoms with van der Waals surface area (Å²) in [7, 11) is -3.37. The fourth-order valence-corrected chi connectivity index (χ4v) is 4.17. The standard InChI is InChI=1S/C16H21N3O2S/c1-3-22(20,21)18-10-5-4-8-14(11-18)19-12-17-15-9-6-7-13(2)16(15)19/h3,6-7,9,12,14H,1,4-5,8,10-11H2,2H3/t14-/m1/s1. The first-order valence-corrected chi connectivity index (χ1v) is 9.08. The van der Waals surface area contributed by atoms with Crippen molar-refractivity contribution in [1.82, 2.24) is 13.9 Å². The zero-order valence-electron chi connectivity index (χ0n) is 12.8. The fraction of sp³-hybridized carbons (Fsp3) is 0.438. The highest BCUT2D eigenvalue weighted by Crippen LogP contribution is 2.28. The highest BCUT2D eigenvalue weighted by Gasteiger charge is 2.27. The van der Waals surface area contributed by atoms with Gasteiger partial charge in [-0.05, 0) is 31.4 Å². The Balaban J connectivity index is 2.00. The first kappa shape index (κ1) is 15.2. The molecular formula is C16H21N3O2S. The van der Waals surface area contributed by atoms with Crippen molar-refractivity contribution in [2.24, 2.45) is 0 Å². The Kier molecular flexibility index (Phi) is 4.06. The summed E-state index contributed by atoms with van der Waals surface area (Å²) in [6.07, 6.45) is 4.70. The van der Waals surface area contributed by atoms with E-state index in [0.717, 1.165) is 41.3 Å². The molecule has 0 amide bonds. The lowest BCUT2D eigenvalue weighted by molar-refractivity contribution is 0.368. The molecule has 0 N–H and O–H groups in total. The Morgan fingerprint density at radius 2 is 2.18 bits per heavy atom. The molecule has 5 nitrogen and oxygen atoms in total. The summed E-state index contributed by atoms with van der Waals surface area (Å²) < 4.78 is 28.0. The number of nitrogens with zero attached hydrogens (tertiary/aromatic N) is 3. The number of aryl methyl sites for hydroxylation is 1. The Morgan fingerprint density at radius 1 is 1.36 bits per heavy atom. The largest absolute Gasteiger partial charge is 0.326 e. The van der Waals surface area contributed by atoms with E-state index >= 15 is 0 Å². The maximum Gasteiger partial charge on any atom is 0.235 e. The maximum atomic E-state index is 12.1. The quantitative estimate of drug-likeness (QED) is 0.874. The number of hydrogen-bond acceptors (Lipinski definition) is 3. The van der Waals surface area contributed by atoms with Gasteiger partial charge in [-0.15, -0.1) is 0 Å². The van der Waals surface area contributed by atoms with E-state index in [9.17, 15) is 8.42 Å². The average Bonchev–Trinajstić information content (AvgIpc) is 2.78. The lowest BCUT2D eigenvalue weighted by Gasteiger charge is -2.24. The van der Waals surface area contributed by atoms with Gasteiger partial charge in [-0.1, -0.05) is 25.1 Å². The normalized spacial score (nSPS) is 20.9. The van der Waals surface area contributed by atoms with E-state index in [1.807, 2.05) is 18.5 Å². The molecule has 0 saturated carbocycles. The van der Waals surface area contributed by atoms with E-state index in [1.165, 1.54) is 0 Å². The van der Waals surface area contributed by atoms with Crippen LogP contribution in [0.1, 0.15) is 30.9 Å². The smallest absolute Gasteiger partial charge is 0.235 e. The average molecular weight is 319 g/mol. The van der Waals surface area contributed by atoms with Crippen LogP contribution in [0.5, 0.6) is 0 Å². The number of imidazole rings is 1. The highest BCUT2D eigenvalue weighted by atomic mass is 32.2. The molecule has 1 aromatic carbocycles. The van der Waals surface area contributed by atoms with Crippen molar-refractivity contribution in [2.45, 2.75) is 32.2 Å². The molecule has 1 aliphatic rings. The minimum atomic E-state index is -3.37. The summed E-state index contributed by atoms with van der Waals surface area (Å²) in [6, 6.07) is 6.17. The first-order chi connectivity index (χ1) is 10.5. The molecule has 0 unspecified atom stereocenters. The van der Waals surface area contributed by atoms with Crippen LogP contribution in [0.4, 0.5) is 0 Å². The van der Waals surface area contributed by atoms with E-state index in [1.54, 1.807) is 4.31 Å². The zero-order valence-corrected chi connectivity index (χ0v) is 13.6. The van der Waals surface area contributed by atoms with E-state index in [4.69, 9.17) is 0 Å². The van der Waals surface area contributed by atoms with E-state index < -0.39 is 10.0 Å². The number of para-hydroxylation sites is 1. The van der Waals surface area contributed by atoms with Crippen LogP contribution in [0, 0.1) is 6.92 Å². The SMILES string of the molecule is C=CS(=O)(=O)N1CCCC[C@@H](n2cnc3cccc(C)c32)C1. The van der Waals surface area contributed by atoms with Crippen molar-refractivity contribution in [2.75, 3.05) is 13.1 Å². The van der Waals surface area contributed by atoms with Crippen molar-refractivity contribution in [3.05, 3.63) is 42.1 Å². The van der Waals surface area contributed by atoms with Crippen LogP contribution in [0.3, 0.4) is 0 Å². The summed E-state index contributed by atoms with van der Waals surface area (Å²) in [5.41, 5.74) is 3.23. The van der Waals surface area contributed by atoms with Gasteiger partial charge in [0.15, 0.2) is 0 Å². The van der Waals surface area contributed by atoms with Crippen molar-refractivity contribution in [3.63, 3.8) is 0 Å². The fourth-order valence-electron chi connectivity index (χ4n) is 3.19. The number of sulfonamides is 1. The predicted molar refractivity (Wildman–Crippen MR) is 88.0 cm³/mol. The second-order valence-electron chi connectivity index (χ2n) is 5.81. The van der Waals surface area contributed by atoms with Gasteiger partial charge in [0, 0.05) is 24.5 Å². The summed E-state index contributed by atoms with van der Waals surface area (Å²) in [6.45, 7) is 6.55. The van der Waals surface area contributed by atoms with Crippen LogP contribution >= 0.6 is 0 Å². The lowest BCUT2D eigenvalue weighted by Crippen LogP contribution is -2.33. The number of hydrogen-bond donors (Lipinski definition) is 0. The maximum absolute atomic E-state index is 12.1. The monoisotopic (exact) mass is 319 g/mol. The predicted octanol–water partition coefficient (Wildman–Crippen LogP) is 2.85. The second-order valence-corrected chi connectivity index (χ2v) is 7.69. The summed E-state index contributed by atoms with van der Waals surface area (Å²) in [5, 5.41) is 1.05. The number of fused-ring (bicyclic) bond motifs is 1. The third-order valence-electron chi connectivity index (χ3n) is 4.37. The van der Waals surface area contributed by atoms with Crippen LogP contribution in [0.25, 0.3) is 11.0 Å². The van der Waals surface area contributed by atoms with E-state index in [0.29, 0.717) is 13.1 Å². The molecule has 0 spiro atoms. The van der Waals surface area contributed by atoms with E-state index in [2.05, 4.69) is 29.1 Å². The van der Waals surface area contributed by atoms with Gasteiger partial charge in [0.2, 0.25) is 10.0 Å². The molecule has 6 heteroatoms. The molecule has 0 bridgehead atoms. The molecule has 2 heterocycles. The summed E-state index contributed by atoms with van der Waals surface area (Å²) in [5.74, 6) is 0. The van der Waals surface area contributed by atoms with Crippen LogP contribution in [-0.2, 0) is 10.0 Å². The highest BCUT2D eigenvalue weighted by molar-refractivity contribution is 7.92. The molecule has 2 aromatic rings. The Labute approximate surface area is 131 Å². The molecular weight excluding hydrogens is 298 g/mol. The molecule has 3 rings (SSSR count). The Hall–Kier alpha value is -1.66. The van der Waals surface area contributed by atoms with Crippen LogP contribution in [0.15, 0.2) is 36.5 Å². The van der Waals surface area contributed by atoms with Crippen LogP contribution in [-0.4, -0.2) is 35.4 Å². The molecule has 1 atom stereocenters. The van der Waals surface area contributed by atoms with Gasteiger partial charge >= 0.3 is 0 Å². The van der Waals surface area contributed by atoms with Crippen molar-refractivity contribution in [1.29, 1.82) is 0 Å². The first-order valence-electron chi connectivity index (χ1n) is 7.57. The van der Waals surface area contributed by atoms with Gasteiger partial charge < -0.3 is 4.57 Å². The Morgan fingerprint density at radius 3 is 2.95 bits per heavy atom. The van der Waals surface area contributed by atoms with Gasteiger partial charge in [0.05, 0.1) is 17.4 Å². The molecule has 1 fully saturated rings. The third kappa shape index (κ3) is 2.68. The van der Waals surface area contributed by atoms with Gasteiger partial charge in [-0.25, -0.2) is 13.4 Å². The van der Waals surface area contributed by atoms with E-state index in [-0.39, 0.29) is 6.04 Å². The molecule has 0 aliphatic carbocycles. The van der Waals surface area contributed by atoms with Crippen LogP contribution in [0.2, 0.25) is 0 Å². The molecule has 22 heavy (non-hydrogen) atoms. The van der Waals surface area contributed by atoms with Gasteiger partial charge in [-0.3, -0.25) is 0 Å². The topological polar surface area (TPSA) is 55.2 Å². The minimum absolute atomic E-state index is 0.114. The summed E-state index contributed by atoms with van der Waals surface area (Å²) in [4.78, 5) is 4.47. The zero-order chi connectivity index (χ0) is 15.7. The molecule has 1 saturated heterocycles.